The molecule has 4 rings (SSSR count). The van der Waals surface area contributed by atoms with Crippen molar-refractivity contribution >= 4 is 17.1 Å². The van der Waals surface area contributed by atoms with E-state index in [1.165, 1.54) is 0 Å². The van der Waals surface area contributed by atoms with E-state index >= 15 is 0 Å². The number of furan rings is 1. The number of hydrogen-bond acceptors (Lipinski definition) is 3. The fraction of sp³-hybridized carbons (Fsp3) is 0. The molecule has 2 heterocycles. The van der Waals surface area contributed by atoms with Gasteiger partial charge in [0, 0.05) is 17.1 Å². The Bertz CT molecular complexity index is 1010. The zero-order chi connectivity index (χ0) is 16.5. The van der Waals surface area contributed by atoms with E-state index in [4.69, 9.17) is 9.52 Å². The Balaban J connectivity index is 1.65. The molecule has 2 aromatic carbocycles. The summed E-state index contributed by atoms with van der Waals surface area (Å²) in [6.07, 6.45) is 3.42. The van der Waals surface area contributed by atoms with Crippen LogP contribution < -0.4 is 0 Å². The Hall–Kier alpha value is -3.40. The predicted molar refractivity (Wildman–Crippen MR) is 91.8 cm³/mol. The number of benzene rings is 2. The highest BCUT2D eigenvalue weighted by Crippen LogP contribution is 2.26. The van der Waals surface area contributed by atoms with Crippen LogP contribution in [0.1, 0.15) is 10.4 Å². The predicted octanol–water partition coefficient (Wildman–Crippen LogP) is 4.86. The van der Waals surface area contributed by atoms with Crippen molar-refractivity contribution in [2.75, 3.05) is 0 Å². The van der Waals surface area contributed by atoms with Crippen molar-refractivity contribution in [1.82, 2.24) is 4.98 Å². The highest BCUT2D eigenvalue weighted by Gasteiger charge is 2.05. The molecule has 0 aliphatic carbocycles. The molecular formula is C20H13NO3. The minimum Gasteiger partial charge on any atom is -0.478 e. The average molecular weight is 315 g/mol. The van der Waals surface area contributed by atoms with Gasteiger partial charge in [-0.3, -0.25) is 0 Å². The normalized spacial score (nSPS) is 10.8. The second kappa shape index (κ2) is 5.66. The number of rotatable bonds is 3. The van der Waals surface area contributed by atoms with Crippen LogP contribution in [0.15, 0.2) is 77.5 Å². The second-order valence-corrected chi connectivity index (χ2v) is 5.50. The molecule has 0 bridgehead atoms. The van der Waals surface area contributed by atoms with Gasteiger partial charge >= 0.3 is 5.97 Å². The van der Waals surface area contributed by atoms with Crippen LogP contribution in [0, 0.1) is 0 Å². The van der Waals surface area contributed by atoms with Gasteiger partial charge < -0.3 is 9.52 Å². The maximum Gasteiger partial charge on any atom is 0.335 e. The van der Waals surface area contributed by atoms with Gasteiger partial charge in [-0.05, 0) is 41.0 Å². The van der Waals surface area contributed by atoms with E-state index in [1.54, 1.807) is 24.6 Å². The van der Waals surface area contributed by atoms with Gasteiger partial charge in [-0.15, -0.1) is 0 Å². The Kier molecular flexibility index (Phi) is 3.35. The minimum atomic E-state index is -0.918. The highest BCUT2D eigenvalue weighted by molar-refractivity contribution is 5.88. The van der Waals surface area contributed by atoms with Crippen molar-refractivity contribution in [3.05, 3.63) is 78.7 Å². The summed E-state index contributed by atoms with van der Waals surface area (Å²) in [6, 6.07) is 18.9. The topological polar surface area (TPSA) is 63.3 Å². The van der Waals surface area contributed by atoms with Gasteiger partial charge in [-0.25, -0.2) is 9.78 Å². The quantitative estimate of drug-likeness (QED) is 0.586. The Morgan fingerprint density at radius 3 is 2.04 bits per heavy atom. The van der Waals surface area contributed by atoms with Crippen molar-refractivity contribution in [3.63, 3.8) is 0 Å². The first-order chi connectivity index (χ1) is 11.7. The van der Waals surface area contributed by atoms with Gasteiger partial charge in [-0.1, -0.05) is 36.4 Å². The number of aromatic carboxylic acids is 1. The molecule has 24 heavy (non-hydrogen) atoms. The number of carboxylic acids is 1. The monoisotopic (exact) mass is 315 g/mol. The molecule has 0 radical (unpaired) electrons. The molecule has 4 heteroatoms. The molecular weight excluding hydrogens is 302 g/mol. The van der Waals surface area contributed by atoms with Crippen LogP contribution in [-0.4, -0.2) is 16.1 Å². The fourth-order valence-corrected chi connectivity index (χ4v) is 2.68. The summed E-state index contributed by atoms with van der Waals surface area (Å²) in [5.41, 5.74) is 5.03. The summed E-state index contributed by atoms with van der Waals surface area (Å²) in [6.45, 7) is 0. The van der Waals surface area contributed by atoms with Gasteiger partial charge in [-0.2, -0.15) is 0 Å². The van der Waals surface area contributed by atoms with Crippen molar-refractivity contribution < 1.29 is 14.3 Å². The van der Waals surface area contributed by atoms with Crippen LogP contribution in [-0.2, 0) is 0 Å². The van der Waals surface area contributed by atoms with Crippen molar-refractivity contribution in [3.8, 4) is 22.3 Å². The second-order valence-electron chi connectivity index (χ2n) is 5.50. The van der Waals surface area contributed by atoms with Crippen LogP contribution in [0.4, 0.5) is 0 Å². The Morgan fingerprint density at radius 1 is 0.833 bits per heavy atom. The van der Waals surface area contributed by atoms with Crippen LogP contribution in [0.25, 0.3) is 33.4 Å². The lowest BCUT2D eigenvalue weighted by atomic mass is 10.00. The van der Waals surface area contributed by atoms with Crippen molar-refractivity contribution in [2.24, 2.45) is 0 Å². The van der Waals surface area contributed by atoms with Crippen LogP contribution in [0.3, 0.4) is 0 Å². The summed E-state index contributed by atoms with van der Waals surface area (Å²) in [5, 5.41) is 9.93. The number of nitrogens with zero attached hydrogens (tertiary/aromatic N) is 1. The summed E-state index contributed by atoms with van der Waals surface area (Å²) in [5.74, 6) is -0.918. The number of pyridine rings is 1. The summed E-state index contributed by atoms with van der Waals surface area (Å²) in [7, 11) is 0. The first-order valence-corrected chi connectivity index (χ1v) is 7.48. The van der Waals surface area contributed by atoms with Crippen LogP contribution in [0.2, 0.25) is 0 Å². The van der Waals surface area contributed by atoms with Gasteiger partial charge in [0.2, 0.25) is 5.71 Å². The standard InChI is InChI=1S/C20H13NO3/c22-20(23)16-7-5-14(6-8-16)13-1-3-15(4-2-13)18-11-17-9-10-24-19(17)21-12-18/h1-12H,(H,22,23). The molecule has 0 saturated carbocycles. The molecule has 1 N–H and O–H groups in total. The van der Waals surface area contributed by atoms with Crippen LogP contribution >= 0.6 is 0 Å². The molecule has 0 aliphatic heterocycles. The third kappa shape index (κ3) is 2.54. The van der Waals surface area contributed by atoms with E-state index in [1.807, 2.05) is 48.5 Å². The number of carboxylic acid groups (broad SMARTS) is 1. The largest absolute Gasteiger partial charge is 0.478 e. The first-order valence-electron chi connectivity index (χ1n) is 7.48. The number of fused-ring (bicyclic) bond motifs is 1. The summed E-state index contributed by atoms with van der Waals surface area (Å²) >= 11 is 0. The van der Waals surface area contributed by atoms with Gasteiger partial charge in [0.25, 0.3) is 0 Å². The molecule has 4 aromatic rings. The lowest BCUT2D eigenvalue weighted by Gasteiger charge is -2.05. The van der Waals surface area contributed by atoms with E-state index in [-0.39, 0.29) is 5.56 Å². The SMILES string of the molecule is O=C(O)c1ccc(-c2ccc(-c3cnc4occc4c3)cc2)cc1. The smallest absolute Gasteiger partial charge is 0.335 e. The summed E-state index contributed by atoms with van der Waals surface area (Å²) in [4.78, 5) is 15.2. The molecule has 0 atom stereocenters. The van der Waals surface area contributed by atoms with E-state index in [9.17, 15) is 4.79 Å². The maximum absolute atomic E-state index is 10.9. The Morgan fingerprint density at radius 2 is 1.42 bits per heavy atom. The number of hydrogen-bond donors (Lipinski definition) is 1. The van der Waals surface area contributed by atoms with E-state index in [0.29, 0.717) is 5.71 Å². The number of aromatic nitrogens is 1. The molecule has 0 unspecified atom stereocenters. The third-order valence-electron chi connectivity index (χ3n) is 3.99. The summed E-state index contributed by atoms with van der Waals surface area (Å²) < 4.78 is 5.26. The zero-order valence-corrected chi connectivity index (χ0v) is 12.6. The molecule has 4 nitrogen and oxygen atoms in total. The molecule has 2 aromatic heterocycles. The number of carbonyl (C=O) groups is 1. The van der Waals surface area contributed by atoms with E-state index in [0.717, 1.165) is 27.6 Å². The third-order valence-corrected chi connectivity index (χ3v) is 3.99. The first kappa shape index (κ1) is 14.2. The molecule has 0 aliphatic rings. The fourth-order valence-electron chi connectivity index (χ4n) is 2.68. The molecule has 0 spiro atoms. The zero-order valence-electron chi connectivity index (χ0n) is 12.6. The minimum absolute atomic E-state index is 0.287. The Labute approximate surface area is 138 Å². The lowest BCUT2D eigenvalue weighted by Crippen LogP contribution is -1.94. The maximum atomic E-state index is 10.9. The molecule has 0 amide bonds. The molecule has 0 fully saturated rings. The average Bonchev–Trinajstić information content (AvgIpc) is 3.09. The molecule has 0 saturated heterocycles. The lowest BCUT2D eigenvalue weighted by molar-refractivity contribution is 0.0697. The highest BCUT2D eigenvalue weighted by atomic mass is 16.4. The van der Waals surface area contributed by atoms with E-state index < -0.39 is 5.97 Å². The van der Waals surface area contributed by atoms with Crippen LogP contribution in [0.5, 0.6) is 0 Å². The van der Waals surface area contributed by atoms with Crippen molar-refractivity contribution in [1.29, 1.82) is 0 Å². The van der Waals surface area contributed by atoms with Crippen molar-refractivity contribution in [2.45, 2.75) is 0 Å². The van der Waals surface area contributed by atoms with Gasteiger partial charge in [0.05, 0.1) is 11.8 Å². The van der Waals surface area contributed by atoms with Gasteiger partial charge in [0.15, 0.2) is 0 Å². The molecule has 116 valence electrons. The van der Waals surface area contributed by atoms with Gasteiger partial charge in [0.1, 0.15) is 0 Å². The van der Waals surface area contributed by atoms with E-state index in [2.05, 4.69) is 4.98 Å².